The fourth-order valence-electron chi connectivity index (χ4n) is 2.41. The van der Waals surface area contributed by atoms with Gasteiger partial charge in [0.05, 0.1) is 15.7 Å². The highest BCUT2D eigenvalue weighted by Crippen LogP contribution is 2.18. The van der Waals surface area contributed by atoms with Crippen LogP contribution in [0.3, 0.4) is 0 Å². The molecule has 2 N–H and O–H groups in total. The third-order valence-corrected chi connectivity index (χ3v) is 4.94. The van der Waals surface area contributed by atoms with E-state index in [2.05, 4.69) is 4.90 Å². The first-order chi connectivity index (χ1) is 8.66. The van der Waals surface area contributed by atoms with Gasteiger partial charge in [0.2, 0.25) is 0 Å². The molecular weight excluding hydrogens is 244 g/mol. The van der Waals surface area contributed by atoms with Crippen molar-refractivity contribution in [1.29, 1.82) is 0 Å². The Labute approximate surface area is 112 Å². The molecule has 0 radical (unpaired) electrons. The Morgan fingerprint density at radius 3 is 2.72 bits per heavy atom. The number of hydrogen-bond acceptors (Lipinski definition) is 3. The second kappa shape index (κ2) is 6.34. The van der Waals surface area contributed by atoms with Crippen LogP contribution in [0.25, 0.3) is 0 Å². The lowest BCUT2D eigenvalue weighted by atomic mass is 10.2. The minimum atomic E-state index is -0.955. The molecule has 4 heteroatoms. The largest absolute Gasteiger partial charge is 0.398 e. The highest BCUT2D eigenvalue weighted by molar-refractivity contribution is 7.85. The molecule has 1 saturated heterocycles. The quantitative estimate of drug-likeness (QED) is 0.831. The van der Waals surface area contributed by atoms with Gasteiger partial charge in [-0.1, -0.05) is 6.07 Å². The fourth-order valence-corrected chi connectivity index (χ4v) is 3.56. The molecule has 0 aliphatic carbocycles. The number of benzene rings is 1. The van der Waals surface area contributed by atoms with E-state index >= 15 is 0 Å². The lowest BCUT2D eigenvalue weighted by Gasteiger charge is -2.14. The van der Waals surface area contributed by atoms with Gasteiger partial charge in [0.1, 0.15) is 0 Å². The Hall–Kier alpha value is -0.870. The second-order valence-corrected chi connectivity index (χ2v) is 6.53. The summed E-state index contributed by atoms with van der Waals surface area (Å²) >= 11 is 0. The number of nitrogens with two attached hydrogens (primary N) is 1. The third-order valence-electron chi connectivity index (χ3n) is 3.41. The van der Waals surface area contributed by atoms with Crippen molar-refractivity contribution in [2.45, 2.75) is 31.1 Å². The van der Waals surface area contributed by atoms with Crippen LogP contribution >= 0.6 is 0 Å². The van der Waals surface area contributed by atoms with Crippen LogP contribution in [0.2, 0.25) is 0 Å². The molecule has 1 unspecified atom stereocenters. The fraction of sp³-hybridized carbons (Fsp3) is 0.571. The zero-order chi connectivity index (χ0) is 13.0. The maximum Gasteiger partial charge on any atom is 0.0617 e. The van der Waals surface area contributed by atoms with E-state index in [1.165, 1.54) is 25.9 Å². The summed E-state index contributed by atoms with van der Waals surface area (Å²) in [6.07, 6.45) is 3.61. The van der Waals surface area contributed by atoms with E-state index in [0.717, 1.165) is 23.4 Å². The molecule has 1 atom stereocenters. The number of hydrogen-bond donors (Lipinski definition) is 1. The summed E-state index contributed by atoms with van der Waals surface area (Å²) in [5.74, 6) is 0.712. The Bertz CT molecular complexity index is 428. The van der Waals surface area contributed by atoms with Crippen LogP contribution in [0.4, 0.5) is 5.69 Å². The second-order valence-electron chi connectivity index (χ2n) is 4.99. The molecule has 1 heterocycles. The number of aryl methyl sites for hydroxylation is 1. The molecule has 0 spiro atoms. The van der Waals surface area contributed by atoms with Gasteiger partial charge < -0.3 is 10.6 Å². The molecule has 1 aliphatic heterocycles. The van der Waals surface area contributed by atoms with Gasteiger partial charge in [-0.05, 0) is 63.5 Å². The monoisotopic (exact) mass is 266 g/mol. The van der Waals surface area contributed by atoms with Crippen molar-refractivity contribution in [3.8, 4) is 0 Å². The zero-order valence-corrected chi connectivity index (χ0v) is 11.8. The summed E-state index contributed by atoms with van der Waals surface area (Å²) in [4.78, 5) is 3.25. The van der Waals surface area contributed by atoms with Gasteiger partial charge in [0.15, 0.2) is 0 Å². The summed E-state index contributed by atoms with van der Waals surface area (Å²) in [6.45, 7) is 5.48. The molecule has 2 rings (SSSR count). The van der Waals surface area contributed by atoms with Crippen LogP contribution < -0.4 is 5.73 Å². The molecule has 0 aromatic heterocycles. The molecule has 0 bridgehead atoms. The minimum absolute atomic E-state index is 0.662. The predicted octanol–water partition coefficient (Wildman–Crippen LogP) is 2.17. The van der Waals surface area contributed by atoms with Gasteiger partial charge in [-0.25, -0.2) is 0 Å². The average Bonchev–Trinajstić information content (AvgIpc) is 2.81. The van der Waals surface area contributed by atoms with E-state index in [1.807, 2.05) is 25.1 Å². The molecule has 1 aromatic carbocycles. The molecule has 0 amide bonds. The van der Waals surface area contributed by atoms with Gasteiger partial charge in [0, 0.05) is 11.4 Å². The first kappa shape index (κ1) is 13.6. The highest BCUT2D eigenvalue weighted by atomic mass is 32.2. The van der Waals surface area contributed by atoms with Crippen LogP contribution in [-0.4, -0.2) is 34.5 Å². The molecule has 1 aromatic rings. The standard InChI is InChI=1S/C14H22N2OS/c1-12-5-6-14(13(15)11-12)18(17)10-4-9-16-7-2-3-8-16/h5-6,11H,2-4,7-10,15H2,1H3. The van der Waals surface area contributed by atoms with E-state index in [0.29, 0.717) is 11.4 Å². The van der Waals surface area contributed by atoms with Gasteiger partial charge in [-0.2, -0.15) is 0 Å². The van der Waals surface area contributed by atoms with Crippen LogP contribution in [0.15, 0.2) is 23.1 Å². The highest BCUT2D eigenvalue weighted by Gasteiger charge is 2.12. The van der Waals surface area contributed by atoms with Crippen molar-refractivity contribution < 1.29 is 4.21 Å². The van der Waals surface area contributed by atoms with Gasteiger partial charge >= 0.3 is 0 Å². The Balaban J connectivity index is 1.83. The SMILES string of the molecule is Cc1ccc(S(=O)CCCN2CCCC2)c(N)c1. The van der Waals surface area contributed by atoms with Gasteiger partial charge in [-0.15, -0.1) is 0 Å². The number of rotatable bonds is 5. The lowest BCUT2D eigenvalue weighted by Crippen LogP contribution is -2.21. The summed E-state index contributed by atoms with van der Waals surface area (Å²) in [5.41, 5.74) is 7.69. The molecule has 100 valence electrons. The van der Waals surface area contributed by atoms with E-state index < -0.39 is 10.8 Å². The van der Waals surface area contributed by atoms with Gasteiger partial charge in [-0.3, -0.25) is 4.21 Å². The Kier molecular flexibility index (Phi) is 4.78. The maximum absolute atomic E-state index is 12.2. The van der Waals surface area contributed by atoms with Crippen molar-refractivity contribution in [1.82, 2.24) is 4.90 Å². The number of likely N-dealkylation sites (tertiary alicyclic amines) is 1. The van der Waals surface area contributed by atoms with E-state index in [4.69, 9.17) is 5.73 Å². The van der Waals surface area contributed by atoms with Crippen molar-refractivity contribution >= 4 is 16.5 Å². The van der Waals surface area contributed by atoms with Crippen molar-refractivity contribution in [2.24, 2.45) is 0 Å². The number of nitrogen functional groups attached to an aromatic ring is 1. The molecule has 1 fully saturated rings. The number of anilines is 1. The van der Waals surface area contributed by atoms with Crippen molar-refractivity contribution in [2.75, 3.05) is 31.1 Å². The first-order valence-electron chi connectivity index (χ1n) is 6.63. The van der Waals surface area contributed by atoms with Gasteiger partial charge in [0.25, 0.3) is 0 Å². The molecule has 3 nitrogen and oxygen atoms in total. The zero-order valence-electron chi connectivity index (χ0n) is 11.0. The molecular formula is C14H22N2OS. The maximum atomic E-state index is 12.2. The van der Waals surface area contributed by atoms with Crippen LogP contribution in [0, 0.1) is 6.92 Å². The Morgan fingerprint density at radius 2 is 2.06 bits per heavy atom. The van der Waals surface area contributed by atoms with E-state index in [1.54, 1.807) is 0 Å². The summed E-state index contributed by atoms with van der Waals surface area (Å²) in [6, 6.07) is 5.77. The molecule has 1 aliphatic rings. The summed E-state index contributed by atoms with van der Waals surface area (Å²) in [7, 11) is -0.955. The predicted molar refractivity (Wildman–Crippen MR) is 77.2 cm³/mol. The molecule has 0 saturated carbocycles. The summed E-state index contributed by atoms with van der Waals surface area (Å²) < 4.78 is 12.2. The van der Waals surface area contributed by atoms with Crippen LogP contribution in [0.1, 0.15) is 24.8 Å². The smallest absolute Gasteiger partial charge is 0.0617 e. The third kappa shape index (κ3) is 3.56. The number of nitrogens with zero attached hydrogens (tertiary/aromatic N) is 1. The average molecular weight is 266 g/mol. The molecule has 18 heavy (non-hydrogen) atoms. The first-order valence-corrected chi connectivity index (χ1v) is 7.95. The minimum Gasteiger partial charge on any atom is -0.398 e. The van der Waals surface area contributed by atoms with E-state index in [9.17, 15) is 4.21 Å². The topological polar surface area (TPSA) is 46.3 Å². The lowest BCUT2D eigenvalue weighted by molar-refractivity contribution is 0.340. The van der Waals surface area contributed by atoms with Crippen LogP contribution in [0.5, 0.6) is 0 Å². The van der Waals surface area contributed by atoms with Crippen LogP contribution in [-0.2, 0) is 10.8 Å². The van der Waals surface area contributed by atoms with E-state index in [-0.39, 0.29) is 0 Å². The Morgan fingerprint density at radius 1 is 1.33 bits per heavy atom. The normalized spacial score (nSPS) is 18.1. The van der Waals surface area contributed by atoms with Crippen molar-refractivity contribution in [3.63, 3.8) is 0 Å². The van der Waals surface area contributed by atoms with Crippen molar-refractivity contribution in [3.05, 3.63) is 23.8 Å². The summed E-state index contributed by atoms with van der Waals surface area (Å²) in [5, 5.41) is 0.